The summed E-state index contributed by atoms with van der Waals surface area (Å²) in [6, 6.07) is 7.71. The number of nitrogens with one attached hydrogen (secondary N) is 1. The molecule has 1 N–H and O–H groups in total. The van der Waals surface area contributed by atoms with Gasteiger partial charge in [0, 0.05) is 21.5 Å². The van der Waals surface area contributed by atoms with Gasteiger partial charge >= 0.3 is 0 Å². The van der Waals surface area contributed by atoms with E-state index >= 15 is 0 Å². The Morgan fingerprint density at radius 1 is 1.48 bits per heavy atom. The first-order valence-corrected chi connectivity index (χ1v) is 11.2. The average Bonchev–Trinajstić information content (AvgIpc) is 3.13. The van der Waals surface area contributed by atoms with Crippen molar-refractivity contribution in [2.75, 3.05) is 30.4 Å². The molecule has 1 unspecified atom stereocenters. The van der Waals surface area contributed by atoms with E-state index in [2.05, 4.69) is 26.2 Å². The zero-order chi connectivity index (χ0) is 18.0. The van der Waals surface area contributed by atoms with Gasteiger partial charge in [0.15, 0.2) is 15.0 Å². The molecule has 2 heterocycles. The van der Waals surface area contributed by atoms with E-state index < -0.39 is 9.84 Å². The number of thiazole rings is 1. The van der Waals surface area contributed by atoms with Gasteiger partial charge in [-0.2, -0.15) is 0 Å². The van der Waals surface area contributed by atoms with Gasteiger partial charge in [-0.05, 0) is 25.6 Å². The van der Waals surface area contributed by atoms with Gasteiger partial charge in [-0.3, -0.25) is 9.69 Å². The highest BCUT2D eigenvalue weighted by atomic mass is 79.9. The lowest BCUT2D eigenvalue weighted by Crippen LogP contribution is -2.38. The Morgan fingerprint density at radius 3 is 2.96 bits per heavy atom. The Labute approximate surface area is 159 Å². The van der Waals surface area contributed by atoms with Crippen molar-refractivity contribution in [3.63, 3.8) is 0 Å². The lowest BCUT2D eigenvalue weighted by atomic mass is 10.2. The maximum Gasteiger partial charge on any atom is 0.240 e. The minimum atomic E-state index is -2.95. The first-order chi connectivity index (χ1) is 11.8. The van der Waals surface area contributed by atoms with Crippen LogP contribution in [0, 0.1) is 0 Å². The van der Waals surface area contributed by atoms with E-state index in [1.807, 2.05) is 29.6 Å². The van der Waals surface area contributed by atoms with Crippen LogP contribution >= 0.6 is 27.3 Å². The van der Waals surface area contributed by atoms with E-state index in [1.165, 1.54) is 11.3 Å². The molecule has 0 spiro atoms. The number of rotatable bonds is 5. The molecule has 1 aromatic carbocycles. The number of amides is 1. The molecule has 0 bridgehead atoms. The number of nitrogens with zero attached hydrogens (tertiary/aromatic N) is 2. The number of hydrogen-bond donors (Lipinski definition) is 1. The fraction of sp³-hybridized carbons (Fsp3) is 0.375. The molecular weight excluding hydrogens is 426 g/mol. The Balaban J connectivity index is 1.58. The van der Waals surface area contributed by atoms with Crippen molar-refractivity contribution in [1.82, 2.24) is 9.88 Å². The molecule has 0 radical (unpaired) electrons. The van der Waals surface area contributed by atoms with Gasteiger partial charge in [-0.25, -0.2) is 13.4 Å². The van der Waals surface area contributed by atoms with Gasteiger partial charge in [0.2, 0.25) is 5.91 Å². The quantitative estimate of drug-likeness (QED) is 0.767. The summed E-state index contributed by atoms with van der Waals surface area (Å²) >= 11 is 4.80. The van der Waals surface area contributed by atoms with Crippen molar-refractivity contribution >= 4 is 48.1 Å². The molecule has 6 nitrogen and oxygen atoms in total. The van der Waals surface area contributed by atoms with E-state index in [-0.39, 0.29) is 30.0 Å². The minimum Gasteiger partial charge on any atom is -0.301 e. The van der Waals surface area contributed by atoms with E-state index in [4.69, 9.17) is 0 Å². The Kier molecular flexibility index (Phi) is 5.57. The molecule has 2 aromatic rings. The van der Waals surface area contributed by atoms with Crippen LogP contribution in [0.4, 0.5) is 5.13 Å². The number of aromatic nitrogens is 1. The van der Waals surface area contributed by atoms with E-state index in [0.29, 0.717) is 11.6 Å². The maximum atomic E-state index is 12.2. The summed E-state index contributed by atoms with van der Waals surface area (Å²) in [5, 5.41) is 5.22. The molecule has 25 heavy (non-hydrogen) atoms. The fourth-order valence-electron chi connectivity index (χ4n) is 2.75. The molecule has 0 saturated carbocycles. The molecule has 9 heteroatoms. The first kappa shape index (κ1) is 18.5. The molecule has 1 fully saturated rings. The van der Waals surface area contributed by atoms with Crippen LogP contribution in [0.2, 0.25) is 0 Å². The second-order valence-corrected chi connectivity index (χ2v) is 10.1. The highest BCUT2D eigenvalue weighted by molar-refractivity contribution is 9.10. The number of likely N-dealkylation sites (N-methyl/N-ethyl adjacent to an activating group) is 1. The number of carbonyl (C=O) groups excluding carboxylic acids is 1. The van der Waals surface area contributed by atoms with Gasteiger partial charge in [-0.15, -0.1) is 11.3 Å². The summed E-state index contributed by atoms with van der Waals surface area (Å²) in [5.74, 6) is 0.134. The predicted molar refractivity (Wildman–Crippen MR) is 104 cm³/mol. The van der Waals surface area contributed by atoms with Crippen LogP contribution in [0.3, 0.4) is 0 Å². The Hall–Kier alpha value is -1.29. The summed E-state index contributed by atoms with van der Waals surface area (Å²) in [6.45, 7) is 0.145. The summed E-state index contributed by atoms with van der Waals surface area (Å²) < 4.78 is 24.1. The number of carbonyl (C=O) groups is 1. The van der Waals surface area contributed by atoms with Gasteiger partial charge in [0.1, 0.15) is 0 Å². The van der Waals surface area contributed by atoms with Crippen molar-refractivity contribution in [3.05, 3.63) is 34.1 Å². The molecule has 134 valence electrons. The average molecular weight is 444 g/mol. The third-order valence-electron chi connectivity index (χ3n) is 4.10. The molecule has 1 aromatic heterocycles. The molecule has 1 aliphatic rings. The monoisotopic (exact) mass is 443 g/mol. The summed E-state index contributed by atoms with van der Waals surface area (Å²) in [4.78, 5) is 18.4. The normalized spacial score (nSPS) is 19.2. The Morgan fingerprint density at radius 2 is 2.28 bits per heavy atom. The van der Waals surface area contributed by atoms with Gasteiger partial charge in [-0.1, -0.05) is 28.1 Å². The van der Waals surface area contributed by atoms with E-state index in [0.717, 1.165) is 15.7 Å². The lowest BCUT2D eigenvalue weighted by molar-refractivity contribution is -0.117. The van der Waals surface area contributed by atoms with Crippen LogP contribution in [0.1, 0.15) is 6.42 Å². The molecule has 1 saturated heterocycles. The molecule has 1 aliphatic heterocycles. The topological polar surface area (TPSA) is 79.4 Å². The number of benzene rings is 1. The molecule has 1 amide bonds. The second kappa shape index (κ2) is 7.53. The van der Waals surface area contributed by atoms with Crippen molar-refractivity contribution < 1.29 is 13.2 Å². The van der Waals surface area contributed by atoms with Gasteiger partial charge in [0.25, 0.3) is 0 Å². The Bertz CT molecular complexity index is 882. The van der Waals surface area contributed by atoms with Crippen molar-refractivity contribution in [3.8, 4) is 11.3 Å². The van der Waals surface area contributed by atoms with Crippen LogP contribution in [-0.4, -0.2) is 55.3 Å². The highest BCUT2D eigenvalue weighted by Gasteiger charge is 2.31. The van der Waals surface area contributed by atoms with Crippen molar-refractivity contribution in [1.29, 1.82) is 0 Å². The third kappa shape index (κ3) is 4.87. The van der Waals surface area contributed by atoms with Crippen LogP contribution in [0.25, 0.3) is 11.3 Å². The summed E-state index contributed by atoms with van der Waals surface area (Å²) in [7, 11) is -1.18. The van der Waals surface area contributed by atoms with E-state index in [1.54, 1.807) is 11.9 Å². The summed E-state index contributed by atoms with van der Waals surface area (Å²) in [6.07, 6.45) is 0.580. The number of anilines is 1. The third-order valence-corrected chi connectivity index (χ3v) is 7.10. The number of hydrogen-bond acceptors (Lipinski definition) is 6. The highest BCUT2D eigenvalue weighted by Crippen LogP contribution is 2.27. The second-order valence-electron chi connectivity index (χ2n) is 6.07. The van der Waals surface area contributed by atoms with Crippen LogP contribution < -0.4 is 5.32 Å². The van der Waals surface area contributed by atoms with Gasteiger partial charge in [0.05, 0.1) is 23.7 Å². The zero-order valence-corrected chi connectivity index (χ0v) is 16.8. The minimum absolute atomic E-state index is 0.0933. The van der Waals surface area contributed by atoms with Gasteiger partial charge < -0.3 is 5.32 Å². The number of halogens is 1. The standard InChI is InChI=1S/C16H18BrN3O3S2/c1-20(13-5-6-25(22,23)10-13)8-15(21)19-16-18-14(9-24-16)11-3-2-4-12(17)7-11/h2-4,7,9,13H,5-6,8,10H2,1H3,(H,18,19,21). The molecular formula is C16H18BrN3O3S2. The largest absolute Gasteiger partial charge is 0.301 e. The van der Waals surface area contributed by atoms with Crippen molar-refractivity contribution in [2.45, 2.75) is 12.5 Å². The van der Waals surface area contributed by atoms with Crippen LogP contribution in [0.15, 0.2) is 34.1 Å². The SMILES string of the molecule is CN(CC(=O)Nc1nc(-c2cccc(Br)c2)cs1)C1CCS(=O)(=O)C1. The zero-order valence-electron chi connectivity index (χ0n) is 13.6. The first-order valence-electron chi connectivity index (χ1n) is 7.74. The maximum absolute atomic E-state index is 12.2. The summed E-state index contributed by atoms with van der Waals surface area (Å²) in [5.41, 5.74) is 1.77. The predicted octanol–water partition coefficient (Wildman–Crippen LogP) is 2.63. The number of sulfone groups is 1. The van der Waals surface area contributed by atoms with Crippen LogP contribution in [0.5, 0.6) is 0 Å². The van der Waals surface area contributed by atoms with Crippen molar-refractivity contribution in [2.24, 2.45) is 0 Å². The molecule has 3 rings (SSSR count). The van der Waals surface area contributed by atoms with Crippen LogP contribution in [-0.2, 0) is 14.6 Å². The molecule has 1 atom stereocenters. The fourth-order valence-corrected chi connectivity index (χ4v) is 5.69. The smallest absolute Gasteiger partial charge is 0.240 e. The van der Waals surface area contributed by atoms with E-state index in [9.17, 15) is 13.2 Å². The molecule has 0 aliphatic carbocycles. The lowest BCUT2D eigenvalue weighted by Gasteiger charge is -2.21.